The molecule has 0 N–H and O–H groups in total. The first-order valence-electron chi connectivity index (χ1n) is 13.0. The number of para-hydroxylation sites is 2. The van der Waals surface area contributed by atoms with E-state index in [1.54, 1.807) is 36.5 Å². The minimum absolute atomic E-state index is 0.254. The summed E-state index contributed by atoms with van der Waals surface area (Å²) in [6.07, 6.45) is 1.68. The van der Waals surface area contributed by atoms with Gasteiger partial charge in [0.1, 0.15) is 11.4 Å². The van der Waals surface area contributed by atoms with Crippen molar-refractivity contribution < 1.29 is 8.81 Å². The molecule has 0 atom stereocenters. The van der Waals surface area contributed by atoms with E-state index in [9.17, 15) is 9.18 Å². The molecule has 0 bridgehead atoms. The van der Waals surface area contributed by atoms with Crippen LogP contribution in [0.15, 0.2) is 116 Å². The van der Waals surface area contributed by atoms with Gasteiger partial charge >= 0.3 is 0 Å². The molecule has 7 aromatic rings. The summed E-state index contributed by atoms with van der Waals surface area (Å²) in [4.78, 5) is 18.5. The average Bonchev–Trinajstić information content (AvgIpc) is 3.52. The second-order valence-electron chi connectivity index (χ2n) is 9.80. The standard InChI is InChI=1S/C33H22BrFN4O2/c1-20-26(24-9-4-7-13-29(24)38(20)19-21-8-2-5-11-27(21)35)18-36-39-32(37-28-12-6-3-10-25(28)33(39)40)31-17-22-16-23(34)14-15-30(22)41-31/h2-18H,19H2,1H3. The third kappa shape index (κ3) is 4.37. The average molecular weight is 605 g/mol. The van der Waals surface area contributed by atoms with Crippen LogP contribution in [0.3, 0.4) is 0 Å². The second kappa shape index (κ2) is 9.98. The van der Waals surface area contributed by atoms with E-state index in [2.05, 4.69) is 20.5 Å². The van der Waals surface area contributed by atoms with Crippen LogP contribution in [0.4, 0.5) is 4.39 Å². The molecule has 41 heavy (non-hydrogen) atoms. The molecule has 3 aromatic heterocycles. The summed E-state index contributed by atoms with van der Waals surface area (Å²) in [6, 6.07) is 29.4. The fourth-order valence-corrected chi connectivity index (χ4v) is 5.63. The zero-order valence-corrected chi connectivity index (χ0v) is 23.5. The lowest BCUT2D eigenvalue weighted by atomic mass is 10.1. The molecular formula is C33H22BrFN4O2. The molecule has 8 heteroatoms. The monoisotopic (exact) mass is 604 g/mol. The lowest BCUT2D eigenvalue weighted by molar-refractivity contribution is 0.600. The largest absolute Gasteiger partial charge is 0.453 e. The highest BCUT2D eigenvalue weighted by Crippen LogP contribution is 2.30. The molecule has 0 amide bonds. The molecule has 3 heterocycles. The molecule has 0 aliphatic carbocycles. The number of rotatable bonds is 5. The molecule has 0 spiro atoms. The van der Waals surface area contributed by atoms with Crippen LogP contribution in [0.5, 0.6) is 0 Å². The zero-order valence-electron chi connectivity index (χ0n) is 21.9. The van der Waals surface area contributed by atoms with Crippen LogP contribution >= 0.6 is 15.9 Å². The van der Waals surface area contributed by atoms with Crippen molar-refractivity contribution in [1.82, 2.24) is 14.2 Å². The van der Waals surface area contributed by atoms with Gasteiger partial charge in [0, 0.05) is 37.6 Å². The smallest absolute Gasteiger partial charge is 0.282 e. The molecule has 0 aliphatic heterocycles. The minimum Gasteiger partial charge on any atom is -0.453 e. The maximum absolute atomic E-state index is 14.6. The van der Waals surface area contributed by atoms with Crippen molar-refractivity contribution in [2.24, 2.45) is 5.10 Å². The fraction of sp³-hybridized carbons (Fsp3) is 0.0606. The SMILES string of the molecule is Cc1c(C=Nn2c(-c3cc4cc(Br)ccc4o3)nc3ccccc3c2=O)c2ccccc2n1Cc1ccccc1F. The highest BCUT2D eigenvalue weighted by molar-refractivity contribution is 9.10. The minimum atomic E-state index is -0.309. The molecule has 0 unspecified atom stereocenters. The van der Waals surface area contributed by atoms with Crippen molar-refractivity contribution in [1.29, 1.82) is 0 Å². The van der Waals surface area contributed by atoms with Gasteiger partial charge in [0.15, 0.2) is 5.76 Å². The third-order valence-electron chi connectivity index (χ3n) is 7.32. The Hall–Kier alpha value is -4.82. The Morgan fingerprint density at radius 2 is 1.71 bits per heavy atom. The van der Waals surface area contributed by atoms with Crippen LogP contribution in [0.25, 0.3) is 44.4 Å². The predicted octanol–water partition coefficient (Wildman–Crippen LogP) is 7.90. The number of aromatic nitrogens is 3. The van der Waals surface area contributed by atoms with Gasteiger partial charge in [-0.15, -0.1) is 0 Å². The van der Waals surface area contributed by atoms with E-state index in [4.69, 9.17) is 14.5 Å². The first-order valence-corrected chi connectivity index (χ1v) is 13.8. The number of fused-ring (bicyclic) bond motifs is 3. The summed E-state index contributed by atoms with van der Waals surface area (Å²) >= 11 is 3.50. The van der Waals surface area contributed by atoms with Crippen LogP contribution in [-0.2, 0) is 6.54 Å². The lowest BCUT2D eigenvalue weighted by Crippen LogP contribution is -2.20. The van der Waals surface area contributed by atoms with Crippen LogP contribution in [-0.4, -0.2) is 20.4 Å². The van der Waals surface area contributed by atoms with E-state index in [0.29, 0.717) is 40.2 Å². The van der Waals surface area contributed by atoms with Crippen LogP contribution in [0.1, 0.15) is 16.8 Å². The van der Waals surface area contributed by atoms with Gasteiger partial charge in [-0.25, -0.2) is 9.37 Å². The number of halogens is 2. The van der Waals surface area contributed by atoms with Gasteiger partial charge in [-0.05, 0) is 55.5 Å². The number of nitrogens with zero attached hydrogens (tertiary/aromatic N) is 4. The highest BCUT2D eigenvalue weighted by atomic mass is 79.9. The molecule has 0 saturated heterocycles. The topological polar surface area (TPSA) is 65.3 Å². The Kier molecular flexibility index (Phi) is 6.12. The van der Waals surface area contributed by atoms with Crippen molar-refractivity contribution in [3.8, 4) is 11.6 Å². The van der Waals surface area contributed by atoms with Gasteiger partial charge in [0.2, 0.25) is 5.82 Å². The van der Waals surface area contributed by atoms with Crippen LogP contribution in [0.2, 0.25) is 0 Å². The summed E-state index contributed by atoms with van der Waals surface area (Å²) in [5, 5.41) is 6.97. The lowest BCUT2D eigenvalue weighted by Gasteiger charge is -2.09. The van der Waals surface area contributed by atoms with Crippen LogP contribution in [0, 0.1) is 12.7 Å². The summed E-state index contributed by atoms with van der Waals surface area (Å²) in [5.41, 5.74) is 4.18. The fourth-order valence-electron chi connectivity index (χ4n) is 5.25. The van der Waals surface area contributed by atoms with Crippen molar-refractivity contribution in [2.75, 3.05) is 0 Å². The van der Waals surface area contributed by atoms with Gasteiger partial charge in [0.05, 0.1) is 23.7 Å². The molecular weight excluding hydrogens is 583 g/mol. The number of furan rings is 1. The molecule has 200 valence electrons. The normalized spacial score (nSPS) is 11.9. The summed E-state index contributed by atoms with van der Waals surface area (Å²) in [6.45, 7) is 2.34. The van der Waals surface area contributed by atoms with Crippen molar-refractivity contribution in [3.05, 3.63) is 135 Å². The van der Waals surface area contributed by atoms with E-state index < -0.39 is 0 Å². The van der Waals surface area contributed by atoms with Gasteiger partial charge in [-0.3, -0.25) is 4.79 Å². The van der Waals surface area contributed by atoms with E-state index in [1.165, 1.54) is 10.7 Å². The zero-order chi connectivity index (χ0) is 28.1. The molecule has 0 aliphatic rings. The van der Waals surface area contributed by atoms with Gasteiger partial charge in [0.25, 0.3) is 5.56 Å². The summed E-state index contributed by atoms with van der Waals surface area (Å²) in [7, 11) is 0. The third-order valence-corrected chi connectivity index (χ3v) is 7.81. The molecule has 6 nitrogen and oxygen atoms in total. The first-order chi connectivity index (χ1) is 20.0. The van der Waals surface area contributed by atoms with Crippen molar-refractivity contribution in [3.63, 3.8) is 0 Å². The summed E-state index contributed by atoms with van der Waals surface area (Å²) in [5.74, 6) is 0.470. The van der Waals surface area contributed by atoms with Gasteiger partial charge in [-0.2, -0.15) is 9.78 Å². The Bertz CT molecular complexity index is 2210. The Balaban J connectivity index is 1.41. The first kappa shape index (κ1) is 25.2. The number of hydrogen-bond acceptors (Lipinski definition) is 4. The molecule has 7 rings (SSSR count). The van der Waals surface area contributed by atoms with Gasteiger partial charge < -0.3 is 8.98 Å². The second-order valence-corrected chi connectivity index (χ2v) is 10.7. The Morgan fingerprint density at radius 1 is 0.951 bits per heavy atom. The number of benzene rings is 4. The highest BCUT2D eigenvalue weighted by Gasteiger charge is 2.18. The maximum Gasteiger partial charge on any atom is 0.282 e. The maximum atomic E-state index is 14.6. The quantitative estimate of drug-likeness (QED) is 0.187. The Morgan fingerprint density at radius 3 is 2.56 bits per heavy atom. The van der Waals surface area contributed by atoms with E-state index >= 15 is 0 Å². The summed E-state index contributed by atoms with van der Waals surface area (Å²) < 4.78 is 25.0. The molecule has 4 aromatic carbocycles. The molecule has 0 radical (unpaired) electrons. The van der Waals surface area contributed by atoms with Crippen molar-refractivity contribution in [2.45, 2.75) is 13.5 Å². The van der Waals surface area contributed by atoms with E-state index in [-0.39, 0.29) is 11.4 Å². The van der Waals surface area contributed by atoms with E-state index in [1.807, 2.05) is 67.6 Å². The Labute approximate surface area is 242 Å². The van der Waals surface area contributed by atoms with Crippen molar-refractivity contribution >= 4 is 54.9 Å². The molecule has 0 saturated carbocycles. The number of hydrogen-bond donors (Lipinski definition) is 0. The van der Waals surface area contributed by atoms with Gasteiger partial charge in [-0.1, -0.05) is 64.5 Å². The van der Waals surface area contributed by atoms with Crippen LogP contribution < -0.4 is 5.56 Å². The predicted molar refractivity (Wildman–Crippen MR) is 164 cm³/mol. The van der Waals surface area contributed by atoms with E-state index in [0.717, 1.165) is 32.0 Å². The molecule has 0 fully saturated rings.